The van der Waals surface area contributed by atoms with Crippen LogP contribution in [0.25, 0.3) is 0 Å². The van der Waals surface area contributed by atoms with Gasteiger partial charge in [-0.15, -0.1) is 0 Å². The van der Waals surface area contributed by atoms with Crippen LogP contribution in [0.15, 0.2) is 6.07 Å². The first kappa shape index (κ1) is 18.6. The van der Waals surface area contributed by atoms with Crippen LogP contribution in [-0.2, 0) is 4.74 Å². The van der Waals surface area contributed by atoms with Crippen LogP contribution in [-0.4, -0.2) is 65.8 Å². The number of likely N-dealkylation sites (tertiary alicyclic amines) is 1. The van der Waals surface area contributed by atoms with E-state index >= 15 is 0 Å². The van der Waals surface area contributed by atoms with Gasteiger partial charge in [-0.3, -0.25) is 0 Å². The van der Waals surface area contributed by atoms with E-state index in [2.05, 4.69) is 14.8 Å². The lowest BCUT2D eigenvalue weighted by Crippen LogP contribution is -2.37. The lowest BCUT2D eigenvalue weighted by atomic mass is 10.0. The highest BCUT2D eigenvalue weighted by molar-refractivity contribution is 6.29. The number of anilines is 2. The van der Waals surface area contributed by atoms with E-state index in [4.69, 9.17) is 21.3 Å². The van der Waals surface area contributed by atoms with Crippen LogP contribution in [0.4, 0.5) is 16.6 Å². The molecule has 4 heterocycles. The van der Waals surface area contributed by atoms with Gasteiger partial charge in [-0.2, -0.15) is 4.98 Å². The third-order valence-corrected chi connectivity index (χ3v) is 5.71. The van der Waals surface area contributed by atoms with Gasteiger partial charge in [0.2, 0.25) is 5.95 Å². The van der Waals surface area contributed by atoms with Crippen molar-refractivity contribution < 1.29 is 9.53 Å². The molecule has 0 unspecified atom stereocenters. The number of aromatic nitrogens is 2. The van der Waals surface area contributed by atoms with Gasteiger partial charge in [0.05, 0.1) is 0 Å². The van der Waals surface area contributed by atoms with Crippen molar-refractivity contribution in [3.63, 3.8) is 0 Å². The normalized spacial score (nSPS) is 25.3. The average molecular weight is 394 g/mol. The molecule has 7 nitrogen and oxygen atoms in total. The third-order valence-electron chi connectivity index (χ3n) is 5.52. The van der Waals surface area contributed by atoms with E-state index in [1.165, 1.54) is 12.8 Å². The van der Waals surface area contributed by atoms with Crippen molar-refractivity contribution in [2.45, 2.75) is 39.2 Å². The van der Waals surface area contributed by atoms with Crippen molar-refractivity contribution in [1.82, 2.24) is 14.9 Å². The predicted octanol–water partition coefficient (Wildman–Crippen LogP) is 3.03. The molecule has 1 amide bonds. The van der Waals surface area contributed by atoms with Gasteiger partial charge < -0.3 is 19.4 Å². The first-order chi connectivity index (χ1) is 12.8. The number of nitrogens with zero attached hydrogens (tertiary/aromatic N) is 5. The number of carbonyl (C=O) groups is 1. The Bertz CT molecular complexity index is 703. The number of rotatable bonds is 2. The fourth-order valence-corrected chi connectivity index (χ4v) is 4.44. The molecule has 8 heteroatoms. The molecule has 3 aliphatic rings. The summed E-state index contributed by atoms with van der Waals surface area (Å²) in [6.45, 7) is 11.0. The molecule has 0 bridgehead atoms. The maximum absolute atomic E-state index is 12.3. The van der Waals surface area contributed by atoms with Gasteiger partial charge in [0.25, 0.3) is 0 Å². The summed E-state index contributed by atoms with van der Waals surface area (Å²) in [5.41, 5.74) is -0.454. The molecule has 0 spiro atoms. The predicted molar refractivity (Wildman–Crippen MR) is 105 cm³/mol. The molecule has 1 aromatic rings. The van der Waals surface area contributed by atoms with Gasteiger partial charge in [0, 0.05) is 57.2 Å². The number of hydrogen-bond acceptors (Lipinski definition) is 6. The molecule has 4 rings (SSSR count). The smallest absolute Gasteiger partial charge is 0.410 e. The van der Waals surface area contributed by atoms with Crippen LogP contribution in [0.3, 0.4) is 0 Å². The topological polar surface area (TPSA) is 61.8 Å². The summed E-state index contributed by atoms with van der Waals surface area (Å²) >= 11 is 6.28. The molecule has 2 atom stereocenters. The Labute approximate surface area is 165 Å². The Morgan fingerprint density at radius 1 is 1.07 bits per heavy atom. The zero-order valence-corrected chi connectivity index (χ0v) is 17.1. The minimum atomic E-state index is -0.454. The fourth-order valence-electron chi connectivity index (χ4n) is 4.27. The number of hydrogen-bond donors (Lipinski definition) is 0. The molecule has 27 heavy (non-hydrogen) atoms. The molecule has 3 aliphatic heterocycles. The molecule has 148 valence electrons. The first-order valence-electron chi connectivity index (χ1n) is 9.81. The molecule has 3 fully saturated rings. The minimum Gasteiger partial charge on any atom is -0.444 e. The second-order valence-corrected chi connectivity index (χ2v) is 9.24. The van der Waals surface area contributed by atoms with Crippen molar-refractivity contribution in [2.24, 2.45) is 11.8 Å². The molecule has 1 aromatic heterocycles. The quantitative estimate of drug-likeness (QED) is 0.720. The molecule has 0 aliphatic carbocycles. The van der Waals surface area contributed by atoms with E-state index in [9.17, 15) is 4.79 Å². The number of amides is 1. The van der Waals surface area contributed by atoms with E-state index in [1.807, 2.05) is 31.7 Å². The standard InChI is InChI=1S/C19H28ClN5O2/c1-19(2,3)27-18(26)25-11-13-9-24(10-14(13)12-25)16-8-15(20)21-17(22-16)23-6-4-5-7-23/h8,13-14H,4-7,9-12H2,1-3H3/t13-,14+. The van der Waals surface area contributed by atoms with E-state index in [0.717, 1.165) is 51.0 Å². The van der Waals surface area contributed by atoms with Crippen LogP contribution in [0, 0.1) is 11.8 Å². The SMILES string of the molecule is CC(C)(C)OC(=O)N1C[C@@H]2CN(c3cc(Cl)nc(N4CCCC4)n3)C[C@@H]2C1. The molecule has 3 saturated heterocycles. The summed E-state index contributed by atoms with van der Waals surface area (Å²) in [4.78, 5) is 27.9. The Kier molecular flexibility index (Phi) is 4.82. The summed E-state index contributed by atoms with van der Waals surface area (Å²) in [7, 11) is 0. The Morgan fingerprint density at radius 2 is 1.70 bits per heavy atom. The number of fused-ring (bicyclic) bond motifs is 1. The monoisotopic (exact) mass is 393 g/mol. The van der Waals surface area contributed by atoms with E-state index in [1.54, 1.807) is 0 Å². The molecule has 0 saturated carbocycles. The Hall–Kier alpha value is -1.76. The summed E-state index contributed by atoms with van der Waals surface area (Å²) in [5, 5.41) is 0.495. The molecular formula is C19H28ClN5O2. The van der Waals surface area contributed by atoms with Gasteiger partial charge in [0.1, 0.15) is 16.6 Å². The fraction of sp³-hybridized carbons (Fsp3) is 0.737. The highest BCUT2D eigenvalue weighted by atomic mass is 35.5. The van der Waals surface area contributed by atoms with Crippen molar-refractivity contribution in [2.75, 3.05) is 49.1 Å². The van der Waals surface area contributed by atoms with Gasteiger partial charge in [-0.05, 0) is 33.6 Å². The number of ether oxygens (including phenoxy) is 1. The number of halogens is 1. The maximum atomic E-state index is 12.3. The van der Waals surface area contributed by atoms with Crippen molar-refractivity contribution in [3.8, 4) is 0 Å². The molecular weight excluding hydrogens is 366 g/mol. The van der Waals surface area contributed by atoms with Crippen LogP contribution < -0.4 is 9.80 Å². The zero-order valence-electron chi connectivity index (χ0n) is 16.3. The Balaban J connectivity index is 1.41. The lowest BCUT2D eigenvalue weighted by Gasteiger charge is -2.26. The van der Waals surface area contributed by atoms with Crippen LogP contribution in [0.2, 0.25) is 5.15 Å². The van der Waals surface area contributed by atoms with E-state index in [-0.39, 0.29) is 6.09 Å². The summed E-state index contributed by atoms with van der Waals surface area (Å²) < 4.78 is 5.52. The largest absolute Gasteiger partial charge is 0.444 e. The highest BCUT2D eigenvalue weighted by Gasteiger charge is 2.43. The van der Waals surface area contributed by atoms with Gasteiger partial charge >= 0.3 is 6.09 Å². The summed E-state index contributed by atoms with van der Waals surface area (Å²) in [6, 6.07) is 1.85. The average Bonchev–Trinajstić information content (AvgIpc) is 3.28. The molecule has 0 N–H and O–H groups in total. The van der Waals surface area contributed by atoms with Gasteiger partial charge in [0.15, 0.2) is 0 Å². The number of carbonyl (C=O) groups excluding carboxylic acids is 1. The summed E-state index contributed by atoms with van der Waals surface area (Å²) in [6.07, 6.45) is 2.16. The van der Waals surface area contributed by atoms with Crippen molar-refractivity contribution in [3.05, 3.63) is 11.2 Å². The summed E-state index contributed by atoms with van der Waals surface area (Å²) in [5.74, 6) is 2.53. The van der Waals surface area contributed by atoms with E-state index < -0.39 is 5.60 Å². The zero-order chi connectivity index (χ0) is 19.2. The second-order valence-electron chi connectivity index (χ2n) is 8.85. The third kappa shape index (κ3) is 4.08. The first-order valence-corrected chi connectivity index (χ1v) is 10.2. The second kappa shape index (κ2) is 7.00. The van der Waals surface area contributed by atoms with Crippen LogP contribution in [0.5, 0.6) is 0 Å². The minimum absolute atomic E-state index is 0.204. The van der Waals surface area contributed by atoms with Crippen molar-refractivity contribution >= 4 is 29.5 Å². The lowest BCUT2D eigenvalue weighted by molar-refractivity contribution is 0.0282. The van der Waals surface area contributed by atoms with Gasteiger partial charge in [-0.25, -0.2) is 9.78 Å². The maximum Gasteiger partial charge on any atom is 0.410 e. The Morgan fingerprint density at radius 3 is 2.30 bits per heavy atom. The van der Waals surface area contributed by atoms with Crippen LogP contribution in [0.1, 0.15) is 33.6 Å². The van der Waals surface area contributed by atoms with Gasteiger partial charge in [-0.1, -0.05) is 11.6 Å². The van der Waals surface area contributed by atoms with Crippen molar-refractivity contribution in [1.29, 1.82) is 0 Å². The molecule has 0 radical (unpaired) electrons. The van der Waals surface area contributed by atoms with Crippen LogP contribution >= 0.6 is 11.6 Å². The van der Waals surface area contributed by atoms with E-state index in [0.29, 0.717) is 17.0 Å². The highest BCUT2D eigenvalue weighted by Crippen LogP contribution is 2.35. The molecule has 0 aromatic carbocycles.